The van der Waals surface area contributed by atoms with Gasteiger partial charge in [0.25, 0.3) is 0 Å². The summed E-state index contributed by atoms with van der Waals surface area (Å²) in [5.74, 6) is 0. The fraction of sp³-hybridized carbons (Fsp3) is 0.143. The summed E-state index contributed by atoms with van der Waals surface area (Å²) in [5.41, 5.74) is 2.78. The van der Waals surface area contributed by atoms with Gasteiger partial charge in [0.05, 0.1) is 0 Å². The van der Waals surface area contributed by atoms with Gasteiger partial charge in [-0.05, 0) is 6.92 Å². The summed E-state index contributed by atoms with van der Waals surface area (Å²) in [6, 6.07) is 15.3. The van der Waals surface area contributed by atoms with Crippen molar-refractivity contribution >= 4 is 26.4 Å². The zero-order valence-electron chi connectivity index (χ0n) is 13.9. The molecule has 0 unspecified atom stereocenters. The molecule has 24 heavy (non-hydrogen) atoms. The fourth-order valence-electron chi connectivity index (χ4n) is 2.62. The summed E-state index contributed by atoms with van der Waals surface area (Å²) in [7, 11) is 0. The summed E-state index contributed by atoms with van der Waals surface area (Å²) in [6.07, 6.45) is 10.0. The van der Waals surface area contributed by atoms with Crippen LogP contribution in [0.3, 0.4) is 0 Å². The molecule has 0 aliphatic heterocycles. The van der Waals surface area contributed by atoms with Crippen LogP contribution in [0.5, 0.6) is 0 Å². The van der Waals surface area contributed by atoms with Gasteiger partial charge in [-0.2, -0.15) is 6.08 Å². The van der Waals surface area contributed by atoms with Crippen LogP contribution in [0.2, 0.25) is 0 Å². The molecule has 0 radical (unpaired) electrons. The minimum Gasteiger partial charge on any atom is -1.00 e. The predicted octanol–water partition coefficient (Wildman–Crippen LogP) is -0.392. The number of aryl methyl sites for hydroxylation is 2. The Bertz CT molecular complexity index is 818. The molecule has 0 nitrogen and oxygen atoms in total. The Hall–Kier alpha value is -1.05. The van der Waals surface area contributed by atoms with Crippen LogP contribution in [-0.2, 0) is 20.0 Å². The number of hydrogen-bond donors (Lipinski definition) is 0. The number of benzene rings is 2. The summed E-state index contributed by atoms with van der Waals surface area (Å²) in [5, 5.41) is 5.50. The molecule has 0 saturated heterocycles. The third-order valence-electron chi connectivity index (χ3n) is 3.92. The predicted molar refractivity (Wildman–Crippen MR) is 95.2 cm³/mol. The molecule has 1 aliphatic carbocycles. The Morgan fingerprint density at radius 3 is 2.29 bits per heavy atom. The molecule has 0 amide bonds. The molecule has 0 heterocycles. The summed E-state index contributed by atoms with van der Waals surface area (Å²) in [4.78, 5) is 3.25. The summed E-state index contributed by atoms with van der Waals surface area (Å²) < 4.78 is 0. The third-order valence-corrected chi connectivity index (χ3v) is 3.92. The number of halogens is 2. The van der Waals surface area contributed by atoms with Crippen molar-refractivity contribution in [3.05, 3.63) is 77.9 Å². The first kappa shape index (κ1) is 23.0. The second kappa shape index (κ2) is 11.5. The second-order valence-corrected chi connectivity index (χ2v) is 5.20. The van der Waals surface area contributed by atoms with Gasteiger partial charge in [0.15, 0.2) is 0 Å². The van der Waals surface area contributed by atoms with Gasteiger partial charge in [-0.3, -0.25) is 6.08 Å². The molecule has 0 saturated carbocycles. The van der Waals surface area contributed by atoms with Crippen LogP contribution in [0.25, 0.3) is 21.5 Å². The standard InChI is InChI=1S/C15H13.C5H5.CH2.2ClH.Ti/c1-10-7-8-14-13-6-4-3-5-12(13)9-15(14)11(10)2;1-2-4-5-3-1;;;;/h3-9H,1-2H3;1-3H,4H2;1H2;2*1H;/q2*-1;;;;+2/p-2. The largest absolute Gasteiger partial charge is 1.00 e. The number of hydrogen-bond acceptors (Lipinski definition) is 0. The van der Waals surface area contributed by atoms with Gasteiger partial charge in [-0.1, -0.05) is 42.8 Å². The SMILES string of the molecule is Cc1ccc2c([cH-]c3ccccc32)c1C.[C-]1=CC=CC1.[CH2]=[Ti+2].[Cl-].[Cl-]. The molecule has 4 rings (SSSR count). The zero-order valence-corrected chi connectivity index (χ0v) is 17.0. The van der Waals surface area contributed by atoms with Crippen molar-refractivity contribution in [2.75, 3.05) is 0 Å². The number of allylic oxidation sites excluding steroid dienone is 4. The quantitative estimate of drug-likeness (QED) is 0.362. The van der Waals surface area contributed by atoms with Gasteiger partial charge in [0.1, 0.15) is 0 Å². The van der Waals surface area contributed by atoms with E-state index in [4.69, 9.17) is 0 Å². The summed E-state index contributed by atoms with van der Waals surface area (Å²) >= 11 is 1.75. The Balaban J connectivity index is 0.000000505. The van der Waals surface area contributed by atoms with E-state index in [0.29, 0.717) is 0 Å². The average molecular weight is 391 g/mol. The van der Waals surface area contributed by atoms with Crippen LogP contribution in [-0.4, -0.2) is 4.82 Å². The van der Waals surface area contributed by atoms with E-state index < -0.39 is 0 Å². The van der Waals surface area contributed by atoms with Crippen molar-refractivity contribution in [1.29, 1.82) is 0 Å². The maximum atomic E-state index is 3.25. The van der Waals surface area contributed by atoms with E-state index in [1.807, 2.05) is 12.2 Å². The molecule has 0 N–H and O–H groups in total. The number of fused-ring (bicyclic) bond motifs is 3. The van der Waals surface area contributed by atoms with E-state index in [-0.39, 0.29) is 24.8 Å². The molecular weight excluding hydrogens is 371 g/mol. The van der Waals surface area contributed by atoms with Crippen molar-refractivity contribution in [2.24, 2.45) is 0 Å². The van der Waals surface area contributed by atoms with Gasteiger partial charge in [0, 0.05) is 0 Å². The Kier molecular flexibility index (Phi) is 11.0. The third kappa shape index (κ3) is 5.23. The zero-order chi connectivity index (χ0) is 15.9. The molecule has 0 spiro atoms. The van der Waals surface area contributed by atoms with Crippen LogP contribution >= 0.6 is 0 Å². The topological polar surface area (TPSA) is 0 Å². The molecule has 0 fully saturated rings. The number of rotatable bonds is 0. The van der Waals surface area contributed by atoms with Crippen molar-refractivity contribution < 1.29 is 44.8 Å². The monoisotopic (exact) mass is 390 g/mol. The maximum absolute atomic E-state index is 3.25. The Morgan fingerprint density at radius 1 is 1.00 bits per heavy atom. The van der Waals surface area contributed by atoms with E-state index in [2.05, 4.69) is 73.3 Å². The molecule has 3 heteroatoms. The van der Waals surface area contributed by atoms with Crippen LogP contribution < -0.4 is 24.8 Å². The molecule has 3 aromatic rings. The van der Waals surface area contributed by atoms with Crippen LogP contribution in [0.4, 0.5) is 0 Å². The van der Waals surface area contributed by atoms with E-state index in [1.54, 1.807) is 20.0 Å². The molecule has 3 aromatic carbocycles. The van der Waals surface area contributed by atoms with E-state index in [9.17, 15) is 0 Å². The summed E-state index contributed by atoms with van der Waals surface area (Å²) in [6.45, 7) is 4.38. The van der Waals surface area contributed by atoms with E-state index in [0.717, 1.165) is 6.42 Å². The molecule has 124 valence electrons. The average Bonchev–Trinajstić information content (AvgIpc) is 3.24. The van der Waals surface area contributed by atoms with Gasteiger partial charge in [-0.15, -0.1) is 45.7 Å². The van der Waals surface area contributed by atoms with E-state index >= 15 is 0 Å². The molecular formula is C21H20Cl2Ti-2. The minimum atomic E-state index is 0. The molecule has 0 bridgehead atoms. The van der Waals surface area contributed by atoms with Gasteiger partial charge < -0.3 is 24.8 Å². The van der Waals surface area contributed by atoms with Crippen molar-refractivity contribution in [3.8, 4) is 0 Å². The first-order valence-corrected chi connectivity index (χ1v) is 8.49. The van der Waals surface area contributed by atoms with Crippen molar-refractivity contribution in [2.45, 2.75) is 20.3 Å². The van der Waals surface area contributed by atoms with Gasteiger partial charge >= 0.3 is 24.8 Å². The Labute approximate surface area is 168 Å². The smallest absolute Gasteiger partial charge is 1.00 e. The van der Waals surface area contributed by atoms with Crippen LogP contribution in [0, 0.1) is 19.9 Å². The van der Waals surface area contributed by atoms with E-state index in [1.165, 1.54) is 32.7 Å². The molecule has 1 aliphatic rings. The normalized spacial score (nSPS) is 11.0. The molecule has 0 atom stereocenters. The second-order valence-electron chi connectivity index (χ2n) is 5.20. The first-order chi connectivity index (χ1) is 10.8. The maximum Gasteiger partial charge on any atom is -1.00 e. The van der Waals surface area contributed by atoms with Gasteiger partial charge in [-0.25, -0.2) is 12.2 Å². The van der Waals surface area contributed by atoms with Crippen LogP contribution in [0.15, 0.2) is 60.7 Å². The van der Waals surface area contributed by atoms with Crippen molar-refractivity contribution in [1.82, 2.24) is 0 Å². The van der Waals surface area contributed by atoms with Crippen LogP contribution in [0.1, 0.15) is 17.5 Å². The van der Waals surface area contributed by atoms with Crippen molar-refractivity contribution in [3.63, 3.8) is 0 Å². The van der Waals surface area contributed by atoms with Gasteiger partial charge in [0.2, 0.25) is 0 Å². The minimum absolute atomic E-state index is 0. The first-order valence-electron chi connectivity index (χ1n) is 7.39. The molecule has 0 aromatic heterocycles. The fourth-order valence-corrected chi connectivity index (χ4v) is 2.62. The Morgan fingerprint density at radius 2 is 1.71 bits per heavy atom.